The zero-order chi connectivity index (χ0) is 19.3. The Labute approximate surface area is 164 Å². The maximum Gasteiger partial charge on any atom is 0.0756 e. The zero-order valence-electron chi connectivity index (χ0n) is 16.7. The fraction of sp³-hybridized carbons (Fsp3) is 0.222. The van der Waals surface area contributed by atoms with Gasteiger partial charge in [0.2, 0.25) is 0 Å². The Balaban J connectivity index is 1.90. The number of hydrogen-bond acceptors (Lipinski definition) is 0. The van der Waals surface area contributed by atoms with Crippen LogP contribution in [0.1, 0.15) is 55.9 Å². The van der Waals surface area contributed by atoms with Crippen molar-refractivity contribution in [3.8, 4) is 0 Å². The van der Waals surface area contributed by atoms with E-state index in [1.165, 1.54) is 28.2 Å². The molecule has 0 aliphatic heterocycles. The normalized spacial score (nSPS) is 11.2. The van der Waals surface area contributed by atoms with E-state index in [9.17, 15) is 0 Å². The first-order valence-corrected chi connectivity index (χ1v) is 9.76. The van der Waals surface area contributed by atoms with Crippen LogP contribution in [0.3, 0.4) is 0 Å². The highest BCUT2D eigenvalue weighted by Gasteiger charge is 2.28. The van der Waals surface area contributed by atoms with Crippen LogP contribution >= 0.6 is 0 Å². The number of rotatable bonds is 7. The minimum atomic E-state index is 0.275. The van der Waals surface area contributed by atoms with Crippen LogP contribution in [-0.4, -0.2) is 0 Å². The Bertz CT molecular complexity index is 855. The van der Waals surface area contributed by atoms with E-state index in [4.69, 9.17) is 0 Å². The monoisotopic (exact) mass is 353 g/mol. The summed E-state index contributed by atoms with van der Waals surface area (Å²) < 4.78 is 0. The molecule has 0 spiro atoms. The van der Waals surface area contributed by atoms with Crippen molar-refractivity contribution < 1.29 is 0 Å². The summed E-state index contributed by atoms with van der Waals surface area (Å²) in [5.74, 6) is 1.42. The molecule has 0 atom stereocenters. The van der Waals surface area contributed by atoms with E-state index in [1.54, 1.807) is 0 Å². The second kappa shape index (κ2) is 8.31. The molecule has 0 radical (unpaired) electrons. The third-order valence-electron chi connectivity index (χ3n) is 5.44. The first kappa shape index (κ1) is 19.0. The Morgan fingerprint density at radius 1 is 0.741 bits per heavy atom. The van der Waals surface area contributed by atoms with Gasteiger partial charge in [-0.1, -0.05) is 64.1 Å². The second-order valence-corrected chi connectivity index (χ2v) is 7.96. The molecule has 0 aliphatic carbocycles. The van der Waals surface area contributed by atoms with Crippen LogP contribution in [0.5, 0.6) is 0 Å². The zero-order valence-corrected chi connectivity index (χ0v) is 16.7. The van der Waals surface area contributed by atoms with Crippen molar-refractivity contribution in [2.24, 2.45) is 5.41 Å². The summed E-state index contributed by atoms with van der Waals surface area (Å²) in [6, 6.07) is 30.0. The molecule has 0 aliphatic rings. The van der Waals surface area contributed by atoms with Gasteiger partial charge in [-0.05, 0) is 52.4 Å². The Morgan fingerprint density at radius 2 is 1.22 bits per heavy atom. The fourth-order valence-corrected chi connectivity index (χ4v) is 3.29. The second-order valence-electron chi connectivity index (χ2n) is 7.96. The van der Waals surface area contributed by atoms with Crippen molar-refractivity contribution in [3.05, 3.63) is 120 Å². The van der Waals surface area contributed by atoms with Gasteiger partial charge in [0.15, 0.2) is 0 Å². The minimum absolute atomic E-state index is 0.275. The van der Waals surface area contributed by atoms with Gasteiger partial charge in [-0.25, -0.2) is 0 Å². The van der Waals surface area contributed by atoms with Gasteiger partial charge in [0.1, 0.15) is 0 Å². The molecule has 0 amide bonds. The standard InChI is InChI=1S/C27H29/c1-5-27(3,4)20-26(24-14-10-7-11-15-24)25-18-16-23(17-19-25)21(2)22-12-8-6-9-13-22/h6-19H,2,5,20H2,1,3-4H3/q+1. The summed E-state index contributed by atoms with van der Waals surface area (Å²) in [5, 5.41) is 0. The van der Waals surface area contributed by atoms with E-state index < -0.39 is 0 Å². The average molecular weight is 354 g/mol. The molecule has 0 fully saturated rings. The van der Waals surface area contributed by atoms with Gasteiger partial charge >= 0.3 is 0 Å². The first-order valence-electron chi connectivity index (χ1n) is 9.76. The lowest BCUT2D eigenvalue weighted by Gasteiger charge is -2.26. The van der Waals surface area contributed by atoms with Gasteiger partial charge in [0.05, 0.1) is 11.1 Å². The SMILES string of the molecule is C=C(c1ccccc1)c1ccc([C+](CC(C)(C)CC)c2ccccc2)cc1. The van der Waals surface area contributed by atoms with Crippen molar-refractivity contribution >= 4 is 5.57 Å². The van der Waals surface area contributed by atoms with Crippen molar-refractivity contribution in [1.29, 1.82) is 0 Å². The van der Waals surface area contributed by atoms with Crippen LogP contribution in [0.2, 0.25) is 0 Å². The van der Waals surface area contributed by atoms with E-state index in [1.807, 2.05) is 6.07 Å². The molecule has 3 aromatic carbocycles. The summed E-state index contributed by atoms with van der Waals surface area (Å²) in [7, 11) is 0. The molecular weight excluding hydrogens is 324 g/mol. The lowest BCUT2D eigenvalue weighted by atomic mass is 9.75. The number of benzene rings is 3. The molecule has 0 aromatic heterocycles. The van der Waals surface area contributed by atoms with Crippen LogP contribution in [-0.2, 0) is 0 Å². The molecule has 0 N–H and O–H groups in total. The van der Waals surface area contributed by atoms with Gasteiger partial charge in [0.25, 0.3) is 0 Å². The molecule has 3 aromatic rings. The molecule has 0 saturated heterocycles. The quantitative estimate of drug-likeness (QED) is 0.385. The summed E-state index contributed by atoms with van der Waals surface area (Å²) >= 11 is 0. The Hall–Kier alpha value is -2.73. The van der Waals surface area contributed by atoms with Crippen molar-refractivity contribution in [2.75, 3.05) is 0 Å². The molecule has 136 valence electrons. The Kier molecular flexibility index (Phi) is 5.86. The topological polar surface area (TPSA) is 0 Å². The number of hydrogen-bond donors (Lipinski definition) is 0. The molecule has 0 heteroatoms. The summed E-state index contributed by atoms with van der Waals surface area (Å²) in [6.07, 6.45) is 2.22. The maximum absolute atomic E-state index is 4.29. The van der Waals surface area contributed by atoms with Crippen molar-refractivity contribution in [3.63, 3.8) is 0 Å². The van der Waals surface area contributed by atoms with Gasteiger partial charge < -0.3 is 0 Å². The van der Waals surface area contributed by atoms with Crippen LogP contribution in [0.25, 0.3) is 5.57 Å². The van der Waals surface area contributed by atoms with E-state index in [2.05, 4.69) is 106 Å². The van der Waals surface area contributed by atoms with Crippen LogP contribution in [0.15, 0.2) is 91.5 Å². The highest BCUT2D eigenvalue weighted by atomic mass is 14.3. The smallest absolute Gasteiger partial charge is 0.0756 e. The Morgan fingerprint density at radius 3 is 1.78 bits per heavy atom. The molecule has 0 saturated carbocycles. The summed E-state index contributed by atoms with van der Waals surface area (Å²) in [4.78, 5) is 0. The van der Waals surface area contributed by atoms with Gasteiger partial charge in [-0.3, -0.25) is 0 Å². The largest absolute Gasteiger partial charge is 0.0905 e. The summed E-state index contributed by atoms with van der Waals surface area (Å²) in [5.41, 5.74) is 6.30. The van der Waals surface area contributed by atoms with Crippen LogP contribution in [0, 0.1) is 11.3 Å². The van der Waals surface area contributed by atoms with E-state index >= 15 is 0 Å². The van der Waals surface area contributed by atoms with Crippen molar-refractivity contribution in [1.82, 2.24) is 0 Å². The van der Waals surface area contributed by atoms with Gasteiger partial charge in [-0.15, -0.1) is 0 Å². The predicted molar refractivity (Wildman–Crippen MR) is 118 cm³/mol. The third kappa shape index (κ3) is 4.71. The lowest BCUT2D eigenvalue weighted by Crippen LogP contribution is -2.16. The van der Waals surface area contributed by atoms with Crippen LogP contribution in [0.4, 0.5) is 0 Å². The minimum Gasteiger partial charge on any atom is -0.0905 e. The average Bonchev–Trinajstić information content (AvgIpc) is 2.73. The van der Waals surface area contributed by atoms with Gasteiger partial charge in [0, 0.05) is 36.6 Å². The van der Waals surface area contributed by atoms with Crippen molar-refractivity contribution in [2.45, 2.75) is 33.6 Å². The molecule has 0 bridgehead atoms. The molecule has 3 rings (SSSR count). The molecule has 0 heterocycles. The molecule has 0 unspecified atom stereocenters. The van der Waals surface area contributed by atoms with Gasteiger partial charge in [-0.2, -0.15) is 0 Å². The lowest BCUT2D eigenvalue weighted by molar-refractivity contribution is 0.338. The first-order chi connectivity index (χ1) is 13.0. The molecule has 0 nitrogen and oxygen atoms in total. The third-order valence-corrected chi connectivity index (χ3v) is 5.44. The highest BCUT2D eigenvalue weighted by Crippen LogP contribution is 2.38. The van der Waals surface area contributed by atoms with E-state index in [0.717, 1.165) is 18.4 Å². The van der Waals surface area contributed by atoms with E-state index in [0.29, 0.717) is 0 Å². The van der Waals surface area contributed by atoms with E-state index in [-0.39, 0.29) is 5.41 Å². The van der Waals surface area contributed by atoms with Crippen LogP contribution < -0.4 is 0 Å². The summed E-state index contributed by atoms with van der Waals surface area (Å²) in [6.45, 7) is 11.3. The fourth-order valence-electron chi connectivity index (χ4n) is 3.29. The molecule has 27 heavy (non-hydrogen) atoms. The maximum atomic E-state index is 4.29. The highest BCUT2D eigenvalue weighted by molar-refractivity contribution is 5.78. The predicted octanol–water partition coefficient (Wildman–Crippen LogP) is 7.55. The molecular formula is C27H29+.